The van der Waals surface area contributed by atoms with Gasteiger partial charge >= 0.3 is 0 Å². The Labute approximate surface area is 162 Å². The van der Waals surface area contributed by atoms with Crippen LogP contribution < -0.4 is 14.8 Å². The van der Waals surface area contributed by atoms with Crippen molar-refractivity contribution in [2.24, 2.45) is 0 Å². The van der Waals surface area contributed by atoms with Gasteiger partial charge in [-0.3, -0.25) is 9.78 Å². The summed E-state index contributed by atoms with van der Waals surface area (Å²) in [5.41, 5.74) is 2.52. The second kappa shape index (κ2) is 9.05. The Morgan fingerprint density at radius 1 is 1.00 bits per heavy atom. The van der Waals surface area contributed by atoms with Crippen LogP contribution in [-0.4, -0.2) is 18.0 Å². The lowest BCUT2D eigenvalue weighted by Crippen LogP contribution is -2.14. The van der Waals surface area contributed by atoms with Crippen molar-refractivity contribution in [3.8, 4) is 11.5 Å². The first-order valence-electron chi connectivity index (χ1n) is 8.38. The summed E-state index contributed by atoms with van der Waals surface area (Å²) in [6, 6.07) is 16.2. The Balaban J connectivity index is 1.66. The number of aromatic nitrogens is 1. The predicted octanol–water partition coefficient (Wildman–Crippen LogP) is 4.50. The lowest BCUT2D eigenvalue weighted by atomic mass is 10.1. The fourth-order valence-electron chi connectivity index (χ4n) is 2.50. The van der Waals surface area contributed by atoms with E-state index in [9.17, 15) is 4.79 Å². The quantitative estimate of drug-likeness (QED) is 0.653. The van der Waals surface area contributed by atoms with Crippen LogP contribution in [0.2, 0.25) is 5.02 Å². The van der Waals surface area contributed by atoms with Gasteiger partial charge in [-0.2, -0.15) is 0 Å². The number of carbonyl (C=O) groups is 1. The van der Waals surface area contributed by atoms with Crippen LogP contribution in [0, 0.1) is 0 Å². The summed E-state index contributed by atoms with van der Waals surface area (Å²) in [7, 11) is 1.58. The van der Waals surface area contributed by atoms with Gasteiger partial charge < -0.3 is 14.8 Å². The number of hydrogen-bond donors (Lipinski definition) is 1. The Hall–Kier alpha value is -3.05. The highest BCUT2D eigenvalue weighted by Crippen LogP contribution is 2.31. The van der Waals surface area contributed by atoms with Crippen LogP contribution in [0.3, 0.4) is 0 Å². The van der Waals surface area contributed by atoms with Crippen molar-refractivity contribution < 1.29 is 14.3 Å². The lowest BCUT2D eigenvalue weighted by Gasteiger charge is -2.13. The summed E-state index contributed by atoms with van der Waals surface area (Å²) in [5.74, 6) is 1.03. The topological polar surface area (TPSA) is 60.5 Å². The molecule has 0 aliphatic carbocycles. The van der Waals surface area contributed by atoms with E-state index in [0.717, 1.165) is 11.1 Å². The second-order valence-electron chi connectivity index (χ2n) is 5.86. The van der Waals surface area contributed by atoms with Crippen molar-refractivity contribution in [1.82, 2.24) is 4.98 Å². The summed E-state index contributed by atoms with van der Waals surface area (Å²) in [6.07, 6.45) is 3.68. The maximum Gasteiger partial charge on any atom is 0.228 e. The molecule has 1 amide bonds. The standard InChI is InChI=1S/C21H19ClN2O3/c1-26-19-7-6-18(13-20(19)27-14-16-8-10-23-11-9-16)24-21(25)12-15-2-4-17(22)5-3-15/h2-11,13H,12,14H2,1H3,(H,24,25). The number of ether oxygens (including phenoxy) is 2. The number of rotatable bonds is 7. The number of anilines is 1. The van der Waals surface area contributed by atoms with Crippen LogP contribution >= 0.6 is 11.6 Å². The normalized spacial score (nSPS) is 10.3. The number of carbonyl (C=O) groups excluding carboxylic acids is 1. The van der Waals surface area contributed by atoms with Gasteiger partial charge in [0.05, 0.1) is 13.5 Å². The van der Waals surface area contributed by atoms with Gasteiger partial charge in [-0.05, 0) is 47.5 Å². The molecule has 0 unspecified atom stereocenters. The summed E-state index contributed by atoms with van der Waals surface area (Å²) >= 11 is 5.87. The van der Waals surface area contributed by atoms with Crippen LogP contribution in [0.4, 0.5) is 5.69 Å². The summed E-state index contributed by atoms with van der Waals surface area (Å²) in [5, 5.41) is 3.52. The smallest absolute Gasteiger partial charge is 0.228 e. The van der Waals surface area contributed by atoms with Crippen molar-refractivity contribution in [2.45, 2.75) is 13.0 Å². The number of benzene rings is 2. The van der Waals surface area contributed by atoms with E-state index in [1.807, 2.05) is 24.3 Å². The molecule has 0 fully saturated rings. The number of pyridine rings is 1. The molecular formula is C21H19ClN2O3. The van der Waals surface area contributed by atoms with Crippen molar-refractivity contribution >= 4 is 23.2 Å². The largest absolute Gasteiger partial charge is 0.493 e. The summed E-state index contributed by atoms with van der Waals surface area (Å²) < 4.78 is 11.2. The molecule has 0 bridgehead atoms. The Bertz CT molecular complexity index is 899. The molecule has 3 rings (SSSR count). The zero-order valence-corrected chi connectivity index (χ0v) is 15.6. The molecule has 138 valence electrons. The molecule has 1 aromatic heterocycles. The Morgan fingerprint density at radius 3 is 2.44 bits per heavy atom. The van der Waals surface area contributed by atoms with Crippen LogP contribution in [0.1, 0.15) is 11.1 Å². The maximum atomic E-state index is 12.3. The minimum absolute atomic E-state index is 0.123. The Morgan fingerprint density at radius 2 is 1.74 bits per heavy atom. The molecule has 0 saturated heterocycles. The number of nitrogens with zero attached hydrogens (tertiary/aromatic N) is 1. The Kier molecular flexibility index (Phi) is 6.28. The van der Waals surface area contributed by atoms with Gasteiger partial charge in [0.15, 0.2) is 11.5 Å². The van der Waals surface area contributed by atoms with Gasteiger partial charge in [0.1, 0.15) is 6.61 Å². The molecule has 1 heterocycles. The summed E-state index contributed by atoms with van der Waals surface area (Å²) in [4.78, 5) is 16.3. The molecule has 0 aliphatic heterocycles. The highest BCUT2D eigenvalue weighted by Gasteiger charge is 2.09. The predicted molar refractivity (Wildman–Crippen MR) is 105 cm³/mol. The average molecular weight is 383 g/mol. The molecule has 0 spiro atoms. The molecular weight excluding hydrogens is 364 g/mol. The van der Waals surface area contributed by atoms with Crippen LogP contribution in [0.25, 0.3) is 0 Å². The van der Waals surface area contributed by atoms with Gasteiger partial charge in [0, 0.05) is 29.2 Å². The molecule has 6 heteroatoms. The van der Waals surface area contributed by atoms with Crippen molar-refractivity contribution in [3.63, 3.8) is 0 Å². The number of amides is 1. The zero-order chi connectivity index (χ0) is 19.1. The van der Waals surface area contributed by atoms with Crippen LogP contribution in [0.5, 0.6) is 11.5 Å². The van der Waals surface area contributed by atoms with Gasteiger partial charge in [0.2, 0.25) is 5.91 Å². The molecule has 0 aliphatic rings. The van der Waals surface area contributed by atoms with E-state index in [1.54, 1.807) is 49.8 Å². The average Bonchev–Trinajstić information content (AvgIpc) is 2.69. The van der Waals surface area contributed by atoms with E-state index in [0.29, 0.717) is 28.8 Å². The second-order valence-corrected chi connectivity index (χ2v) is 6.30. The van der Waals surface area contributed by atoms with Gasteiger partial charge in [-0.1, -0.05) is 23.7 Å². The van der Waals surface area contributed by atoms with E-state index in [2.05, 4.69) is 10.3 Å². The highest BCUT2D eigenvalue weighted by molar-refractivity contribution is 6.30. The molecule has 3 aromatic rings. The molecule has 27 heavy (non-hydrogen) atoms. The van der Waals surface area contributed by atoms with E-state index in [-0.39, 0.29) is 12.3 Å². The minimum atomic E-state index is -0.123. The molecule has 2 aromatic carbocycles. The molecule has 0 radical (unpaired) electrons. The minimum Gasteiger partial charge on any atom is -0.493 e. The first-order valence-corrected chi connectivity index (χ1v) is 8.76. The first kappa shape index (κ1) is 18.7. The maximum absolute atomic E-state index is 12.3. The molecule has 0 saturated carbocycles. The number of hydrogen-bond acceptors (Lipinski definition) is 4. The van der Waals surface area contributed by atoms with Crippen molar-refractivity contribution in [1.29, 1.82) is 0 Å². The number of nitrogens with one attached hydrogen (secondary N) is 1. The van der Waals surface area contributed by atoms with E-state index < -0.39 is 0 Å². The van der Waals surface area contributed by atoms with Crippen molar-refractivity contribution in [3.05, 3.63) is 83.1 Å². The third kappa shape index (κ3) is 5.46. The van der Waals surface area contributed by atoms with Gasteiger partial charge in [-0.25, -0.2) is 0 Å². The molecule has 0 atom stereocenters. The van der Waals surface area contributed by atoms with Crippen LogP contribution in [0.15, 0.2) is 67.0 Å². The monoisotopic (exact) mass is 382 g/mol. The van der Waals surface area contributed by atoms with Gasteiger partial charge in [0.25, 0.3) is 0 Å². The fourth-order valence-corrected chi connectivity index (χ4v) is 2.63. The van der Waals surface area contributed by atoms with E-state index >= 15 is 0 Å². The SMILES string of the molecule is COc1ccc(NC(=O)Cc2ccc(Cl)cc2)cc1OCc1ccncc1. The number of methoxy groups -OCH3 is 1. The first-order chi connectivity index (χ1) is 13.1. The summed E-state index contributed by atoms with van der Waals surface area (Å²) in [6.45, 7) is 0.376. The lowest BCUT2D eigenvalue weighted by molar-refractivity contribution is -0.115. The van der Waals surface area contributed by atoms with Gasteiger partial charge in [-0.15, -0.1) is 0 Å². The number of halogens is 1. The zero-order valence-electron chi connectivity index (χ0n) is 14.8. The fraction of sp³-hybridized carbons (Fsp3) is 0.143. The van der Waals surface area contributed by atoms with Crippen LogP contribution in [-0.2, 0) is 17.8 Å². The third-order valence-electron chi connectivity index (χ3n) is 3.87. The molecule has 1 N–H and O–H groups in total. The van der Waals surface area contributed by atoms with E-state index in [4.69, 9.17) is 21.1 Å². The third-order valence-corrected chi connectivity index (χ3v) is 4.12. The molecule has 5 nitrogen and oxygen atoms in total. The van der Waals surface area contributed by atoms with Crippen molar-refractivity contribution in [2.75, 3.05) is 12.4 Å². The highest BCUT2D eigenvalue weighted by atomic mass is 35.5. The van der Waals surface area contributed by atoms with E-state index in [1.165, 1.54) is 0 Å².